The fourth-order valence-electron chi connectivity index (χ4n) is 2.00. The van der Waals surface area contributed by atoms with Crippen molar-refractivity contribution in [1.29, 1.82) is 0 Å². The summed E-state index contributed by atoms with van der Waals surface area (Å²) >= 11 is 0. The lowest BCUT2D eigenvalue weighted by Gasteiger charge is -2.12. The molecule has 1 aromatic rings. The summed E-state index contributed by atoms with van der Waals surface area (Å²) in [6, 6.07) is 7.43. The predicted molar refractivity (Wildman–Crippen MR) is 92.0 cm³/mol. The zero-order valence-electron chi connectivity index (χ0n) is 14.2. The van der Waals surface area contributed by atoms with Crippen LogP contribution in [0.5, 0.6) is 0 Å². The van der Waals surface area contributed by atoms with Crippen molar-refractivity contribution in [3.05, 3.63) is 35.4 Å². The summed E-state index contributed by atoms with van der Waals surface area (Å²) in [6.07, 6.45) is 1.80. The zero-order chi connectivity index (χ0) is 16.9. The predicted octanol–water partition coefficient (Wildman–Crippen LogP) is 1.61. The van der Waals surface area contributed by atoms with Crippen LogP contribution in [0.15, 0.2) is 29.3 Å². The van der Waals surface area contributed by atoms with Gasteiger partial charge in [-0.25, -0.2) is 4.79 Å². The van der Waals surface area contributed by atoms with E-state index in [-0.39, 0.29) is 5.97 Å². The molecule has 2 N–H and O–H groups in total. The summed E-state index contributed by atoms with van der Waals surface area (Å²) < 4.78 is 9.97. The molecule has 128 valence electrons. The van der Waals surface area contributed by atoms with Crippen LogP contribution in [0, 0.1) is 0 Å². The Morgan fingerprint density at radius 2 is 1.87 bits per heavy atom. The Hall–Kier alpha value is -2.08. The normalized spacial score (nSPS) is 11.2. The molecule has 1 aromatic carbocycles. The summed E-state index contributed by atoms with van der Waals surface area (Å²) in [6.45, 7) is 5.09. The van der Waals surface area contributed by atoms with Gasteiger partial charge >= 0.3 is 5.97 Å². The molecule has 0 fully saturated rings. The maximum Gasteiger partial charge on any atom is 0.337 e. The lowest BCUT2D eigenvalue weighted by Crippen LogP contribution is -2.39. The molecule has 0 heterocycles. The van der Waals surface area contributed by atoms with Gasteiger partial charge in [0.1, 0.15) is 0 Å². The standard InChI is InChI=1S/C17H27N3O3/c1-4-23-13-5-11-19-17(18-2)20-12-10-14-6-8-15(9-7-14)16(21)22-3/h6-9H,4-5,10-13H2,1-3H3,(H2,18,19,20). The number of aliphatic imine (C=N–C) groups is 1. The molecule has 0 saturated heterocycles. The van der Waals surface area contributed by atoms with E-state index in [1.807, 2.05) is 19.1 Å². The number of hydrogen-bond acceptors (Lipinski definition) is 4. The highest BCUT2D eigenvalue weighted by atomic mass is 16.5. The summed E-state index contributed by atoms with van der Waals surface area (Å²) in [5.41, 5.74) is 1.72. The maximum atomic E-state index is 11.4. The molecule has 0 amide bonds. The van der Waals surface area contributed by atoms with Gasteiger partial charge in [0.2, 0.25) is 0 Å². The van der Waals surface area contributed by atoms with Crippen LogP contribution >= 0.6 is 0 Å². The molecule has 0 bridgehead atoms. The highest BCUT2D eigenvalue weighted by Gasteiger charge is 2.04. The number of nitrogens with one attached hydrogen (secondary N) is 2. The first-order valence-corrected chi connectivity index (χ1v) is 7.90. The molecule has 0 radical (unpaired) electrons. The van der Waals surface area contributed by atoms with Crippen LogP contribution in [0.1, 0.15) is 29.3 Å². The van der Waals surface area contributed by atoms with Gasteiger partial charge in [0.25, 0.3) is 0 Å². The number of esters is 1. The SMILES string of the molecule is CCOCCCNC(=NC)NCCc1ccc(C(=O)OC)cc1. The molecular formula is C17H27N3O3. The Labute approximate surface area is 138 Å². The van der Waals surface area contributed by atoms with Crippen molar-refractivity contribution in [3.8, 4) is 0 Å². The minimum Gasteiger partial charge on any atom is -0.465 e. The van der Waals surface area contributed by atoms with Crippen molar-refractivity contribution in [1.82, 2.24) is 10.6 Å². The third kappa shape index (κ3) is 7.65. The number of benzene rings is 1. The lowest BCUT2D eigenvalue weighted by atomic mass is 10.1. The van der Waals surface area contributed by atoms with E-state index in [9.17, 15) is 4.79 Å². The van der Waals surface area contributed by atoms with Gasteiger partial charge in [0.15, 0.2) is 5.96 Å². The van der Waals surface area contributed by atoms with Gasteiger partial charge in [-0.2, -0.15) is 0 Å². The molecule has 6 heteroatoms. The average Bonchev–Trinajstić information content (AvgIpc) is 2.59. The van der Waals surface area contributed by atoms with E-state index in [2.05, 4.69) is 20.4 Å². The lowest BCUT2D eigenvalue weighted by molar-refractivity contribution is 0.0600. The fraction of sp³-hybridized carbons (Fsp3) is 0.529. The smallest absolute Gasteiger partial charge is 0.337 e. The molecule has 0 aliphatic rings. The number of carbonyl (C=O) groups is 1. The van der Waals surface area contributed by atoms with Gasteiger partial charge in [0.05, 0.1) is 12.7 Å². The number of nitrogens with zero attached hydrogens (tertiary/aromatic N) is 1. The van der Waals surface area contributed by atoms with Crippen molar-refractivity contribution >= 4 is 11.9 Å². The minimum absolute atomic E-state index is 0.314. The van der Waals surface area contributed by atoms with Gasteiger partial charge in [0, 0.05) is 33.4 Å². The number of rotatable bonds is 9. The average molecular weight is 321 g/mol. The molecule has 0 atom stereocenters. The van der Waals surface area contributed by atoms with E-state index in [1.54, 1.807) is 19.2 Å². The topological polar surface area (TPSA) is 72.0 Å². The molecule has 1 rings (SSSR count). The van der Waals surface area contributed by atoms with Gasteiger partial charge in [-0.3, -0.25) is 4.99 Å². The van der Waals surface area contributed by atoms with E-state index in [0.717, 1.165) is 50.7 Å². The Morgan fingerprint density at radius 3 is 2.48 bits per heavy atom. The monoisotopic (exact) mass is 321 g/mol. The van der Waals surface area contributed by atoms with Crippen LogP contribution in [0.4, 0.5) is 0 Å². The van der Waals surface area contributed by atoms with Gasteiger partial charge in [-0.05, 0) is 37.5 Å². The van der Waals surface area contributed by atoms with E-state index < -0.39 is 0 Å². The largest absolute Gasteiger partial charge is 0.465 e. The van der Waals surface area contributed by atoms with Crippen molar-refractivity contribution in [2.45, 2.75) is 19.8 Å². The molecule has 23 heavy (non-hydrogen) atoms. The second kappa shape index (κ2) is 11.5. The van der Waals surface area contributed by atoms with Crippen molar-refractivity contribution in [2.24, 2.45) is 4.99 Å². The van der Waals surface area contributed by atoms with Gasteiger partial charge < -0.3 is 20.1 Å². The number of methoxy groups -OCH3 is 1. The number of hydrogen-bond donors (Lipinski definition) is 2. The summed E-state index contributed by atoms with van der Waals surface area (Å²) in [5.74, 6) is 0.471. The molecule has 0 saturated carbocycles. The zero-order valence-corrected chi connectivity index (χ0v) is 14.2. The number of carbonyl (C=O) groups excluding carboxylic acids is 1. The van der Waals surface area contributed by atoms with E-state index >= 15 is 0 Å². The van der Waals surface area contributed by atoms with E-state index in [1.165, 1.54) is 7.11 Å². The maximum absolute atomic E-state index is 11.4. The Balaban J connectivity index is 2.27. The molecule has 6 nitrogen and oxygen atoms in total. The van der Waals surface area contributed by atoms with Crippen LogP contribution < -0.4 is 10.6 Å². The van der Waals surface area contributed by atoms with Gasteiger partial charge in [-0.1, -0.05) is 12.1 Å². The van der Waals surface area contributed by atoms with Crippen molar-refractivity contribution < 1.29 is 14.3 Å². The van der Waals surface area contributed by atoms with Crippen LogP contribution in [0.25, 0.3) is 0 Å². The first-order chi connectivity index (χ1) is 11.2. The van der Waals surface area contributed by atoms with Crippen LogP contribution in [0.3, 0.4) is 0 Å². The third-order valence-electron chi connectivity index (χ3n) is 3.27. The van der Waals surface area contributed by atoms with Crippen LogP contribution in [-0.4, -0.2) is 52.4 Å². The molecule has 0 aromatic heterocycles. The van der Waals surface area contributed by atoms with Crippen molar-refractivity contribution in [3.63, 3.8) is 0 Å². The quantitative estimate of drug-likeness (QED) is 0.313. The van der Waals surface area contributed by atoms with E-state index in [0.29, 0.717) is 5.56 Å². The first kappa shape index (κ1) is 19.0. The number of ether oxygens (including phenoxy) is 2. The van der Waals surface area contributed by atoms with Crippen LogP contribution in [-0.2, 0) is 15.9 Å². The minimum atomic E-state index is -0.314. The first-order valence-electron chi connectivity index (χ1n) is 7.90. The number of guanidine groups is 1. The van der Waals surface area contributed by atoms with Gasteiger partial charge in [-0.15, -0.1) is 0 Å². The van der Waals surface area contributed by atoms with Crippen LogP contribution in [0.2, 0.25) is 0 Å². The molecule has 0 aliphatic heterocycles. The second-order valence-corrected chi connectivity index (χ2v) is 4.91. The van der Waals surface area contributed by atoms with E-state index in [4.69, 9.17) is 4.74 Å². The summed E-state index contributed by atoms with van der Waals surface area (Å²) in [4.78, 5) is 15.5. The highest BCUT2D eigenvalue weighted by Crippen LogP contribution is 2.06. The Bertz CT molecular complexity index is 486. The summed E-state index contributed by atoms with van der Waals surface area (Å²) in [7, 11) is 3.14. The summed E-state index contributed by atoms with van der Waals surface area (Å²) in [5, 5.41) is 6.51. The van der Waals surface area contributed by atoms with Crippen molar-refractivity contribution in [2.75, 3.05) is 40.5 Å². The third-order valence-corrected chi connectivity index (χ3v) is 3.27. The molecular weight excluding hydrogens is 294 g/mol. The Kier molecular flexibility index (Phi) is 9.47. The molecule has 0 unspecified atom stereocenters. The fourth-order valence-corrected chi connectivity index (χ4v) is 2.00. The Morgan fingerprint density at radius 1 is 1.17 bits per heavy atom. The molecule has 0 spiro atoms. The highest BCUT2D eigenvalue weighted by molar-refractivity contribution is 5.89. The molecule has 0 aliphatic carbocycles. The second-order valence-electron chi connectivity index (χ2n) is 4.91.